The Labute approximate surface area is 137 Å². The Morgan fingerprint density at radius 2 is 1.83 bits per heavy atom. The van der Waals surface area contributed by atoms with Gasteiger partial charge in [0, 0.05) is 11.1 Å². The molecule has 23 heavy (non-hydrogen) atoms. The van der Waals surface area contributed by atoms with Gasteiger partial charge >= 0.3 is 0 Å². The second-order valence-electron chi connectivity index (χ2n) is 6.51. The van der Waals surface area contributed by atoms with Crippen molar-refractivity contribution in [1.29, 1.82) is 0 Å². The SMILES string of the molecule is COc1cc(C(=O)NCC(=O)NC(C)(C)C)ccc1OC(C)C. The van der Waals surface area contributed by atoms with Crippen molar-refractivity contribution in [1.82, 2.24) is 10.6 Å². The lowest BCUT2D eigenvalue weighted by atomic mass is 10.1. The molecule has 0 aromatic heterocycles. The quantitative estimate of drug-likeness (QED) is 0.841. The van der Waals surface area contributed by atoms with Crippen molar-refractivity contribution in [3.05, 3.63) is 23.8 Å². The molecule has 0 heterocycles. The summed E-state index contributed by atoms with van der Waals surface area (Å²) in [5.41, 5.74) is 0.0717. The van der Waals surface area contributed by atoms with E-state index in [0.717, 1.165) is 0 Å². The maximum absolute atomic E-state index is 12.1. The lowest BCUT2D eigenvalue weighted by Crippen LogP contribution is -2.45. The second kappa shape index (κ2) is 7.85. The molecule has 2 amide bonds. The van der Waals surface area contributed by atoms with E-state index in [1.54, 1.807) is 18.2 Å². The number of nitrogens with one attached hydrogen (secondary N) is 2. The summed E-state index contributed by atoms with van der Waals surface area (Å²) in [6.45, 7) is 9.38. The van der Waals surface area contributed by atoms with Crippen molar-refractivity contribution in [3.63, 3.8) is 0 Å². The lowest BCUT2D eigenvalue weighted by Gasteiger charge is -2.20. The van der Waals surface area contributed by atoms with Crippen LogP contribution in [0.5, 0.6) is 11.5 Å². The van der Waals surface area contributed by atoms with Gasteiger partial charge in [0.15, 0.2) is 11.5 Å². The lowest BCUT2D eigenvalue weighted by molar-refractivity contribution is -0.121. The molecule has 1 aromatic carbocycles. The normalized spacial score (nSPS) is 11.1. The molecule has 0 aliphatic heterocycles. The molecule has 0 radical (unpaired) electrons. The van der Waals surface area contributed by atoms with Gasteiger partial charge in [0.05, 0.1) is 19.8 Å². The van der Waals surface area contributed by atoms with Crippen LogP contribution in [0.4, 0.5) is 0 Å². The van der Waals surface area contributed by atoms with E-state index in [2.05, 4.69) is 10.6 Å². The van der Waals surface area contributed by atoms with Crippen LogP contribution < -0.4 is 20.1 Å². The molecule has 0 saturated heterocycles. The Morgan fingerprint density at radius 3 is 2.35 bits per heavy atom. The Kier molecular flexibility index (Phi) is 6.42. The van der Waals surface area contributed by atoms with E-state index in [9.17, 15) is 9.59 Å². The van der Waals surface area contributed by atoms with Crippen molar-refractivity contribution in [2.75, 3.05) is 13.7 Å². The van der Waals surface area contributed by atoms with E-state index < -0.39 is 0 Å². The van der Waals surface area contributed by atoms with Gasteiger partial charge in [-0.05, 0) is 52.8 Å². The maximum atomic E-state index is 12.1. The third kappa shape index (κ3) is 6.59. The third-order valence-corrected chi connectivity index (χ3v) is 2.71. The van der Waals surface area contributed by atoms with Gasteiger partial charge in [0.25, 0.3) is 5.91 Å². The van der Waals surface area contributed by atoms with Crippen molar-refractivity contribution in [2.45, 2.75) is 46.3 Å². The van der Waals surface area contributed by atoms with E-state index in [1.165, 1.54) is 7.11 Å². The zero-order valence-electron chi connectivity index (χ0n) is 14.6. The number of hydrogen-bond acceptors (Lipinski definition) is 4. The van der Waals surface area contributed by atoms with Crippen LogP contribution in [0.3, 0.4) is 0 Å². The van der Waals surface area contributed by atoms with Crippen LogP contribution in [0.15, 0.2) is 18.2 Å². The highest BCUT2D eigenvalue weighted by atomic mass is 16.5. The van der Waals surface area contributed by atoms with Gasteiger partial charge in [0.1, 0.15) is 0 Å². The summed E-state index contributed by atoms with van der Waals surface area (Å²) in [5, 5.41) is 5.37. The predicted octanol–water partition coefficient (Wildman–Crippen LogP) is 2.13. The average Bonchev–Trinajstić information content (AvgIpc) is 2.42. The van der Waals surface area contributed by atoms with Gasteiger partial charge in [-0.2, -0.15) is 0 Å². The molecule has 6 heteroatoms. The maximum Gasteiger partial charge on any atom is 0.251 e. The van der Waals surface area contributed by atoms with Crippen molar-refractivity contribution in [3.8, 4) is 11.5 Å². The highest BCUT2D eigenvalue weighted by Crippen LogP contribution is 2.28. The van der Waals surface area contributed by atoms with E-state index in [0.29, 0.717) is 17.1 Å². The van der Waals surface area contributed by atoms with Crippen molar-refractivity contribution < 1.29 is 19.1 Å². The topological polar surface area (TPSA) is 76.7 Å². The Morgan fingerprint density at radius 1 is 1.17 bits per heavy atom. The summed E-state index contributed by atoms with van der Waals surface area (Å²) in [4.78, 5) is 23.9. The molecule has 0 aliphatic carbocycles. The molecule has 6 nitrogen and oxygen atoms in total. The summed E-state index contributed by atoms with van der Waals surface area (Å²) >= 11 is 0. The summed E-state index contributed by atoms with van der Waals surface area (Å²) in [5.74, 6) is 0.469. The van der Waals surface area contributed by atoms with Gasteiger partial charge < -0.3 is 20.1 Å². The van der Waals surface area contributed by atoms with Crippen LogP contribution >= 0.6 is 0 Å². The fourth-order valence-corrected chi connectivity index (χ4v) is 1.89. The fourth-order valence-electron chi connectivity index (χ4n) is 1.89. The largest absolute Gasteiger partial charge is 0.493 e. The van der Waals surface area contributed by atoms with Crippen molar-refractivity contribution >= 4 is 11.8 Å². The molecule has 0 atom stereocenters. The number of hydrogen-bond donors (Lipinski definition) is 2. The van der Waals surface area contributed by atoms with Crippen LogP contribution in [-0.4, -0.2) is 37.1 Å². The van der Waals surface area contributed by atoms with Crippen LogP contribution in [0.1, 0.15) is 45.0 Å². The zero-order valence-corrected chi connectivity index (χ0v) is 14.6. The number of rotatable bonds is 6. The highest BCUT2D eigenvalue weighted by Gasteiger charge is 2.16. The summed E-state index contributed by atoms with van der Waals surface area (Å²) in [6.07, 6.45) is 0.00432. The Bertz CT molecular complexity index is 562. The molecule has 0 aliphatic rings. The molecule has 0 fully saturated rings. The highest BCUT2D eigenvalue weighted by molar-refractivity contribution is 5.97. The molecule has 0 bridgehead atoms. The third-order valence-electron chi connectivity index (χ3n) is 2.71. The van der Waals surface area contributed by atoms with Crippen LogP contribution in [0.25, 0.3) is 0 Å². The van der Waals surface area contributed by atoms with Gasteiger partial charge in [-0.15, -0.1) is 0 Å². The number of carbonyl (C=O) groups excluding carboxylic acids is 2. The molecule has 0 saturated carbocycles. The average molecular weight is 322 g/mol. The molecular weight excluding hydrogens is 296 g/mol. The van der Waals surface area contributed by atoms with E-state index in [-0.39, 0.29) is 30.0 Å². The number of amides is 2. The fraction of sp³-hybridized carbons (Fsp3) is 0.529. The number of carbonyl (C=O) groups is 2. The monoisotopic (exact) mass is 322 g/mol. The van der Waals surface area contributed by atoms with Crippen LogP contribution in [-0.2, 0) is 4.79 Å². The van der Waals surface area contributed by atoms with Crippen molar-refractivity contribution in [2.24, 2.45) is 0 Å². The Hall–Kier alpha value is -2.24. The summed E-state index contributed by atoms with van der Waals surface area (Å²) < 4.78 is 10.8. The molecule has 2 N–H and O–H groups in total. The molecule has 0 spiro atoms. The van der Waals surface area contributed by atoms with E-state index in [4.69, 9.17) is 9.47 Å². The minimum atomic E-state index is -0.344. The minimum Gasteiger partial charge on any atom is -0.493 e. The van der Waals surface area contributed by atoms with Gasteiger partial charge in [-0.25, -0.2) is 0 Å². The van der Waals surface area contributed by atoms with Gasteiger partial charge in [-0.3, -0.25) is 9.59 Å². The van der Waals surface area contributed by atoms with E-state index >= 15 is 0 Å². The Balaban J connectivity index is 2.71. The standard InChI is InChI=1S/C17H26N2O4/c1-11(2)23-13-8-7-12(9-14(13)22-6)16(21)18-10-15(20)19-17(3,4)5/h7-9,11H,10H2,1-6H3,(H,18,21)(H,19,20). The molecule has 1 rings (SSSR count). The second-order valence-corrected chi connectivity index (χ2v) is 6.51. The molecule has 128 valence electrons. The van der Waals surface area contributed by atoms with Crippen LogP contribution in [0, 0.1) is 0 Å². The summed E-state index contributed by atoms with van der Waals surface area (Å²) in [6, 6.07) is 4.91. The zero-order chi connectivity index (χ0) is 17.6. The van der Waals surface area contributed by atoms with Gasteiger partial charge in [0.2, 0.25) is 5.91 Å². The first kappa shape index (κ1) is 18.8. The predicted molar refractivity (Wildman–Crippen MR) is 89.0 cm³/mol. The number of benzene rings is 1. The first-order valence-corrected chi connectivity index (χ1v) is 7.56. The minimum absolute atomic E-state index is 0.00432. The van der Waals surface area contributed by atoms with Crippen LogP contribution in [0.2, 0.25) is 0 Å². The summed E-state index contributed by atoms with van der Waals surface area (Å²) in [7, 11) is 1.51. The molecular formula is C17H26N2O4. The first-order chi connectivity index (χ1) is 10.6. The first-order valence-electron chi connectivity index (χ1n) is 7.56. The van der Waals surface area contributed by atoms with Gasteiger partial charge in [-0.1, -0.05) is 0 Å². The number of methoxy groups -OCH3 is 1. The molecule has 0 unspecified atom stereocenters. The smallest absolute Gasteiger partial charge is 0.251 e. The van der Waals surface area contributed by atoms with E-state index in [1.807, 2.05) is 34.6 Å². The molecule has 1 aromatic rings. The number of ether oxygens (including phenoxy) is 2.